The minimum atomic E-state index is 0.112. The molecule has 0 bridgehead atoms. The zero-order chi connectivity index (χ0) is 18.4. The SMILES string of the molecule is Cc1ccc(CN2C[C@H]3[C@H](C2)n2cccc2C(=O)N3Cc2ccccn2)s1. The number of carbonyl (C=O) groups excluding carboxylic acids is 1. The summed E-state index contributed by atoms with van der Waals surface area (Å²) in [5.41, 5.74) is 1.73. The molecule has 0 aromatic carbocycles. The topological polar surface area (TPSA) is 41.4 Å². The van der Waals surface area contributed by atoms with Crippen LogP contribution >= 0.6 is 11.3 Å². The van der Waals surface area contributed by atoms with Crippen molar-refractivity contribution in [3.05, 3.63) is 76.0 Å². The van der Waals surface area contributed by atoms with Crippen molar-refractivity contribution in [3.63, 3.8) is 0 Å². The molecule has 0 unspecified atom stereocenters. The van der Waals surface area contributed by atoms with E-state index in [4.69, 9.17) is 0 Å². The number of fused-ring (bicyclic) bond motifs is 3. The van der Waals surface area contributed by atoms with E-state index in [0.29, 0.717) is 12.6 Å². The van der Waals surface area contributed by atoms with Gasteiger partial charge in [0.25, 0.3) is 5.91 Å². The van der Waals surface area contributed by atoms with Gasteiger partial charge in [-0.2, -0.15) is 0 Å². The van der Waals surface area contributed by atoms with Crippen LogP contribution in [0.15, 0.2) is 54.9 Å². The molecule has 0 radical (unpaired) electrons. The van der Waals surface area contributed by atoms with Crippen LogP contribution in [0.3, 0.4) is 0 Å². The van der Waals surface area contributed by atoms with Crippen molar-refractivity contribution in [1.82, 2.24) is 19.4 Å². The molecule has 3 aromatic heterocycles. The van der Waals surface area contributed by atoms with Crippen LogP contribution in [0.5, 0.6) is 0 Å². The lowest BCUT2D eigenvalue weighted by Crippen LogP contribution is -2.49. The number of aromatic nitrogens is 2. The predicted molar refractivity (Wildman–Crippen MR) is 106 cm³/mol. The first kappa shape index (κ1) is 16.7. The summed E-state index contributed by atoms with van der Waals surface area (Å²) < 4.78 is 2.18. The van der Waals surface area contributed by atoms with Crippen molar-refractivity contribution in [3.8, 4) is 0 Å². The molecule has 3 aromatic rings. The number of likely N-dealkylation sites (tertiary alicyclic amines) is 1. The summed E-state index contributed by atoms with van der Waals surface area (Å²) in [5.74, 6) is 0.112. The van der Waals surface area contributed by atoms with Gasteiger partial charge in [0.05, 0.1) is 24.3 Å². The van der Waals surface area contributed by atoms with Crippen molar-refractivity contribution in [2.24, 2.45) is 0 Å². The minimum Gasteiger partial charge on any atom is -0.337 e. The number of hydrogen-bond acceptors (Lipinski definition) is 4. The van der Waals surface area contributed by atoms with Crippen LogP contribution in [0.4, 0.5) is 0 Å². The summed E-state index contributed by atoms with van der Waals surface area (Å²) in [4.78, 5) is 24.8. The molecule has 0 saturated carbocycles. The molecule has 2 atom stereocenters. The average Bonchev–Trinajstić information content (AvgIpc) is 3.39. The van der Waals surface area contributed by atoms with Gasteiger partial charge in [0.2, 0.25) is 0 Å². The van der Waals surface area contributed by atoms with E-state index in [9.17, 15) is 4.79 Å². The van der Waals surface area contributed by atoms with Gasteiger partial charge in [-0.15, -0.1) is 11.3 Å². The largest absolute Gasteiger partial charge is 0.337 e. The summed E-state index contributed by atoms with van der Waals surface area (Å²) >= 11 is 1.86. The number of hydrogen-bond donors (Lipinski definition) is 0. The van der Waals surface area contributed by atoms with E-state index < -0.39 is 0 Å². The highest BCUT2D eigenvalue weighted by atomic mass is 32.1. The lowest BCUT2D eigenvalue weighted by molar-refractivity contribution is 0.0553. The second kappa shape index (κ2) is 6.62. The fraction of sp³-hybridized carbons (Fsp3) is 0.333. The molecular weight excluding hydrogens is 356 g/mol. The molecule has 0 aliphatic carbocycles. The minimum absolute atomic E-state index is 0.112. The first-order chi connectivity index (χ1) is 13.2. The molecule has 5 heterocycles. The summed E-state index contributed by atoms with van der Waals surface area (Å²) in [5, 5.41) is 0. The molecule has 138 valence electrons. The van der Waals surface area contributed by atoms with Gasteiger partial charge >= 0.3 is 0 Å². The summed E-state index contributed by atoms with van der Waals surface area (Å²) in [6, 6.07) is 14.7. The maximum atomic E-state index is 13.2. The third kappa shape index (κ3) is 2.99. The molecule has 6 heteroatoms. The van der Waals surface area contributed by atoms with Crippen LogP contribution in [0.1, 0.15) is 32.0 Å². The van der Waals surface area contributed by atoms with E-state index in [2.05, 4.69) is 39.7 Å². The van der Waals surface area contributed by atoms with Crippen molar-refractivity contribution in [2.45, 2.75) is 32.1 Å². The molecule has 5 nitrogen and oxygen atoms in total. The van der Waals surface area contributed by atoms with Gasteiger partial charge < -0.3 is 9.47 Å². The Kier molecular flexibility index (Phi) is 4.10. The van der Waals surface area contributed by atoms with Crippen LogP contribution in [-0.2, 0) is 13.1 Å². The molecule has 1 amide bonds. The lowest BCUT2D eigenvalue weighted by Gasteiger charge is -2.38. The molecule has 1 saturated heterocycles. The molecule has 2 aliphatic rings. The highest BCUT2D eigenvalue weighted by molar-refractivity contribution is 7.11. The molecule has 1 fully saturated rings. The molecule has 2 aliphatic heterocycles. The summed E-state index contributed by atoms with van der Waals surface area (Å²) in [7, 11) is 0. The Morgan fingerprint density at radius 2 is 1.96 bits per heavy atom. The lowest BCUT2D eigenvalue weighted by atomic mass is 10.1. The van der Waals surface area contributed by atoms with Gasteiger partial charge in [-0.1, -0.05) is 6.07 Å². The van der Waals surface area contributed by atoms with Gasteiger partial charge in [0.15, 0.2) is 0 Å². The van der Waals surface area contributed by atoms with Crippen molar-refractivity contribution in [2.75, 3.05) is 13.1 Å². The van der Waals surface area contributed by atoms with Crippen molar-refractivity contribution >= 4 is 17.2 Å². The second-order valence-corrected chi connectivity index (χ2v) is 8.77. The predicted octanol–water partition coefficient (Wildman–Crippen LogP) is 3.33. The Morgan fingerprint density at radius 1 is 1.07 bits per heavy atom. The third-order valence-electron chi connectivity index (χ3n) is 5.59. The van der Waals surface area contributed by atoms with Crippen LogP contribution in [-0.4, -0.2) is 44.4 Å². The number of carbonyl (C=O) groups is 1. The van der Waals surface area contributed by atoms with Crippen LogP contribution in [0, 0.1) is 6.92 Å². The van der Waals surface area contributed by atoms with Crippen LogP contribution < -0.4 is 0 Å². The number of pyridine rings is 1. The number of aryl methyl sites for hydroxylation is 1. The smallest absolute Gasteiger partial charge is 0.271 e. The molecule has 5 rings (SSSR count). The highest BCUT2D eigenvalue weighted by Gasteiger charge is 2.44. The Labute approximate surface area is 162 Å². The van der Waals surface area contributed by atoms with Gasteiger partial charge in [-0.25, -0.2) is 0 Å². The summed E-state index contributed by atoms with van der Waals surface area (Å²) in [6.45, 7) is 5.54. The van der Waals surface area contributed by atoms with Gasteiger partial charge in [-0.3, -0.25) is 14.7 Å². The van der Waals surface area contributed by atoms with Crippen LogP contribution in [0.2, 0.25) is 0 Å². The Bertz CT molecular complexity index is 963. The van der Waals surface area contributed by atoms with E-state index >= 15 is 0 Å². The van der Waals surface area contributed by atoms with E-state index in [1.165, 1.54) is 9.75 Å². The first-order valence-corrected chi connectivity index (χ1v) is 10.2. The van der Waals surface area contributed by atoms with E-state index in [-0.39, 0.29) is 11.9 Å². The number of nitrogens with zero attached hydrogens (tertiary/aromatic N) is 4. The monoisotopic (exact) mass is 378 g/mol. The number of rotatable bonds is 4. The Morgan fingerprint density at radius 3 is 2.74 bits per heavy atom. The standard InChI is InChI=1S/C21H22N4OS/c1-15-7-8-17(27-15)12-23-13-19-20(14-23)25(11-16-5-2-3-9-22-16)21(26)18-6-4-10-24(18)19/h2-10,19-20H,11-14H2,1H3/t19-,20-/m0/s1. The fourth-order valence-corrected chi connectivity index (χ4v) is 5.30. The van der Waals surface area contributed by atoms with Gasteiger partial charge in [0, 0.05) is 41.8 Å². The van der Waals surface area contributed by atoms with Crippen LogP contribution in [0.25, 0.3) is 0 Å². The van der Waals surface area contributed by atoms with Crippen molar-refractivity contribution < 1.29 is 4.79 Å². The number of thiophene rings is 1. The molecule has 27 heavy (non-hydrogen) atoms. The quantitative estimate of drug-likeness (QED) is 0.699. The fourth-order valence-electron chi connectivity index (χ4n) is 4.36. The average molecular weight is 379 g/mol. The van der Waals surface area contributed by atoms with E-state index in [1.807, 2.05) is 46.6 Å². The highest BCUT2D eigenvalue weighted by Crippen LogP contribution is 2.35. The normalized spacial score (nSPS) is 22.1. The molecular formula is C21H22N4OS. The number of amides is 1. The molecule has 0 spiro atoms. The van der Waals surface area contributed by atoms with Gasteiger partial charge in [-0.05, 0) is 43.3 Å². The zero-order valence-electron chi connectivity index (χ0n) is 15.3. The maximum absolute atomic E-state index is 13.2. The Balaban J connectivity index is 1.43. The van der Waals surface area contributed by atoms with E-state index in [0.717, 1.165) is 31.0 Å². The second-order valence-electron chi connectivity index (χ2n) is 7.40. The summed E-state index contributed by atoms with van der Waals surface area (Å²) in [6.07, 6.45) is 3.85. The van der Waals surface area contributed by atoms with Crippen molar-refractivity contribution in [1.29, 1.82) is 0 Å². The first-order valence-electron chi connectivity index (χ1n) is 9.34. The van der Waals surface area contributed by atoms with Gasteiger partial charge in [0.1, 0.15) is 5.69 Å². The maximum Gasteiger partial charge on any atom is 0.271 e. The van der Waals surface area contributed by atoms with E-state index in [1.54, 1.807) is 6.20 Å². The molecule has 0 N–H and O–H groups in total. The Hall–Kier alpha value is -2.44. The third-order valence-corrected chi connectivity index (χ3v) is 6.57. The zero-order valence-corrected chi connectivity index (χ0v) is 16.1.